The lowest BCUT2D eigenvalue weighted by Gasteiger charge is -2.03. The fourth-order valence-electron chi connectivity index (χ4n) is 0.726. The first kappa shape index (κ1) is 9.98. The Hall–Kier alpha value is -1.02. The number of allylic oxidation sites excluding steroid dienone is 3. The Labute approximate surface area is 67.9 Å². The summed E-state index contributed by atoms with van der Waals surface area (Å²) in [4.78, 5) is 0. The van der Waals surface area contributed by atoms with Crippen LogP contribution >= 0.6 is 0 Å². The zero-order valence-electron chi connectivity index (χ0n) is 6.93. The van der Waals surface area contributed by atoms with Gasteiger partial charge in [-0.05, 0) is 25.6 Å². The fraction of sp³-hybridized carbons (Fsp3) is 0.333. The van der Waals surface area contributed by atoms with Crippen LogP contribution < -0.4 is 5.32 Å². The van der Waals surface area contributed by atoms with Gasteiger partial charge in [-0.3, -0.25) is 0 Å². The van der Waals surface area contributed by atoms with E-state index in [0.29, 0.717) is 0 Å². The van der Waals surface area contributed by atoms with E-state index in [9.17, 15) is 0 Å². The molecule has 0 aromatic heterocycles. The predicted molar refractivity (Wildman–Crippen MR) is 48.6 cm³/mol. The fourth-order valence-corrected chi connectivity index (χ4v) is 0.726. The van der Waals surface area contributed by atoms with Gasteiger partial charge >= 0.3 is 0 Å². The molecule has 0 saturated heterocycles. The number of aliphatic hydroxyl groups excluding tert-OH is 1. The minimum absolute atomic E-state index is 0.125. The molecule has 0 unspecified atom stereocenters. The first-order chi connectivity index (χ1) is 5.22. The maximum atomic E-state index is 9.03. The Morgan fingerprint density at radius 1 is 1.64 bits per heavy atom. The second-order valence-corrected chi connectivity index (χ2v) is 2.23. The highest BCUT2D eigenvalue weighted by Gasteiger charge is 1.97. The zero-order valence-corrected chi connectivity index (χ0v) is 6.93. The van der Waals surface area contributed by atoms with Gasteiger partial charge in [0.15, 0.2) is 0 Å². The quantitative estimate of drug-likeness (QED) is 0.466. The van der Waals surface area contributed by atoms with Gasteiger partial charge in [0.2, 0.25) is 0 Å². The Balaban J connectivity index is 4.00. The molecular weight excluding hydrogens is 138 g/mol. The van der Waals surface area contributed by atoms with Crippen molar-refractivity contribution in [2.24, 2.45) is 0 Å². The molecule has 0 aliphatic carbocycles. The topological polar surface area (TPSA) is 32.3 Å². The molecule has 0 amide bonds. The summed E-state index contributed by atoms with van der Waals surface area (Å²) in [6.07, 6.45) is 4.18. The number of hydrogen-bond donors (Lipinski definition) is 2. The van der Waals surface area contributed by atoms with E-state index in [1.165, 1.54) is 0 Å². The molecule has 0 spiro atoms. The first-order valence-electron chi connectivity index (χ1n) is 3.56. The number of rotatable bonds is 5. The molecule has 0 aromatic carbocycles. The van der Waals surface area contributed by atoms with Crippen molar-refractivity contribution < 1.29 is 5.11 Å². The second-order valence-electron chi connectivity index (χ2n) is 2.23. The van der Waals surface area contributed by atoms with Crippen molar-refractivity contribution in [3.63, 3.8) is 0 Å². The Morgan fingerprint density at radius 2 is 2.27 bits per heavy atom. The van der Waals surface area contributed by atoms with Crippen LogP contribution in [0.5, 0.6) is 0 Å². The average molecular weight is 153 g/mol. The van der Waals surface area contributed by atoms with Gasteiger partial charge in [0, 0.05) is 0 Å². The lowest BCUT2D eigenvalue weighted by atomic mass is 10.1. The van der Waals surface area contributed by atoms with Crippen LogP contribution in [0, 0.1) is 0 Å². The zero-order chi connectivity index (χ0) is 8.69. The molecule has 0 fully saturated rings. The van der Waals surface area contributed by atoms with Crippen LogP contribution in [-0.2, 0) is 0 Å². The van der Waals surface area contributed by atoms with Gasteiger partial charge in [0.1, 0.15) is 5.76 Å². The molecule has 0 rings (SSSR count). The summed E-state index contributed by atoms with van der Waals surface area (Å²) < 4.78 is 0. The van der Waals surface area contributed by atoms with E-state index in [1.54, 1.807) is 12.2 Å². The molecule has 11 heavy (non-hydrogen) atoms. The van der Waals surface area contributed by atoms with Gasteiger partial charge in [0.05, 0.1) is 0 Å². The predicted octanol–water partition coefficient (Wildman–Crippen LogP) is 1.78. The molecule has 62 valence electrons. The van der Waals surface area contributed by atoms with Gasteiger partial charge in [-0.2, -0.15) is 0 Å². The highest BCUT2D eigenvalue weighted by Crippen LogP contribution is 2.08. The van der Waals surface area contributed by atoms with Crippen molar-refractivity contribution in [3.8, 4) is 0 Å². The van der Waals surface area contributed by atoms with Crippen LogP contribution in [0.2, 0.25) is 0 Å². The largest absolute Gasteiger partial charge is 0.508 e. The van der Waals surface area contributed by atoms with E-state index in [-0.39, 0.29) is 5.76 Å². The normalized spacial score (nSPS) is 11.2. The van der Waals surface area contributed by atoms with E-state index < -0.39 is 0 Å². The molecule has 0 aliphatic rings. The first-order valence-corrected chi connectivity index (χ1v) is 3.56. The lowest BCUT2D eigenvalue weighted by molar-refractivity contribution is 0.421. The van der Waals surface area contributed by atoms with Gasteiger partial charge in [-0.15, -0.1) is 0 Å². The maximum Gasteiger partial charge on any atom is 0.111 e. The summed E-state index contributed by atoms with van der Waals surface area (Å²) in [7, 11) is 1.87. The van der Waals surface area contributed by atoms with Crippen LogP contribution in [0.15, 0.2) is 36.6 Å². The summed E-state index contributed by atoms with van der Waals surface area (Å²) in [5.41, 5.74) is 0.828. The molecule has 0 atom stereocenters. The average Bonchev–Trinajstić information content (AvgIpc) is 1.97. The monoisotopic (exact) mass is 153 g/mol. The van der Waals surface area contributed by atoms with Crippen LogP contribution in [0.1, 0.15) is 6.42 Å². The van der Waals surface area contributed by atoms with Crippen LogP contribution in [0.25, 0.3) is 0 Å². The van der Waals surface area contributed by atoms with Gasteiger partial charge < -0.3 is 10.4 Å². The maximum absolute atomic E-state index is 9.03. The lowest BCUT2D eigenvalue weighted by Crippen LogP contribution is -2.08. The van der Waals surface area contributed by atoms with Crippen molar-refractivity contribution in [1.29, 1.82) is 0 Å². The molecule has 0 saturated carbocycles. The molecule has 0 heterocycles. The molecule has 2 nitrogen and oxygen atoms in total. The Kier molecular flexibility index (Phi) is 5.21. The summed E-state index contributed by atoms with van der Waals surface area (Å²) >= 11 is 0. The third kappa shape index (κ3) is 4.39. The summed E-state index contributed by atoms with van der Waals surface area (Å²) in [5.74, 6) is 0.125. The van der Waals surface area contributed by atoms with E-state index >= 15 is 0 Å². The van der Waals surface area contributed by atoms with E-state index in [0.717, 1.165) is 18.5 Å². The highest BCUT2D eigenvalue weighted by atomic mass is 16.3. The number of nitrogens with one attached hydrogen (secondary N) is 1. The molecule has 0 radical (unpaired) electrons. The Bertz CT molecular complexity index is 170. The molecular formula is C9H15NO. The van der Waals surface area contributed by atoms with Crippen LogP contribution in [0.3, 0.4) is 0 Å². The van der Waals surface area contributed by atoms with Crippen molar-refractivity contribution in [3.05, 3.63) is 36.6 Å². The van der Waals surface area contributed by atoms with Crippen LogP contribution in [-0.4, -0.2) is 18.7 Å². The molecule has 0 aromatic rings. The Morgan fingerprint density at radius 3 is 2.64 bits per heavy atom. The van der Waals surface area contributed by atoms with Crippen molar-refractivity contribution in [2.75, 3.05) is 13.6 Å². The van der Waals surface area contributed by atoms with Gasteiger partial charge in [-0.25, -0.2) is 0 Å². The van der Waals surface area contributed by atoms with E-state index in [2.05, 4.69) is 18.5 Å². The third-order valence-corrected chi connectivity index (χ3v) is 1.33. The summed E-state index contributed by atoms with van der Waals surface area (Å²) in [6, 6.07) is 0. The second kappa shape index (κ2) is 5.74. The highest BCUT2D eigenvalue weighted by molar-refractivity contribution is 5.25. The van der Waals surface area contributed by atoms with Gasteiger partial charge in [0.25, 0.3) is 0 Å². The van der Waals surface area contributed by atoms with E-state index in [4.69, 9.17) is 5.11 Å². The number of aliphatic hydroxyl groups is 1. The minimum Gasteiger partial charge on any atom is -0.508 e. The third-order valence-electron chi connectivity index (χ3n) is 1.33. The smallest absolute Gasteiger partial charge is 0.111 e. The molecule has 0 bridgehead atoms. The van der Waals surface area contributed by atoms with Crippen molar-refractivity contribution in [1.82, 2.24) is 5.32 Å². The standard InChI is InChI=1S/C9H15NO/c1-4-5-9(8(2)11)6-7-10-3/h4-5,10-11H,1-2,6-7H2,3H3/b9-5-. The van der Waals surface area contributed by atoms with E-state index in [1.807, 2.05) is 7.05 Å². The number of hydrogen-bond acceptors (Lipinski definition) is 2. The van der Waals surface area contributed by atoms with Crippen molar-refractivity contribution >= 4 is 0 Å². The molecule has 2 N–H and O–H groups in total. The summed E-state index contributed by atoms with van der Waals surface area (Å²) in [6.45, 7) is 7.81. The SMILES string of the molecule is C=C/C=C(/CCNC)C(=C)O. The summed E-state index contributed by atoms with van der Waals surface area (Å²) in [5, 5.41) is 12.0. The minimum atomic E-state index is 0.125. The van der Waals surface area contributed by atoms with Gasteiger partial charge in [-0.1, -0.05) is 25.3 Å². The molecule has 2 heteroatoms. The van der Waals surface area contributed by atoms with Crippen molar-refractivity contribution in [2.45, 2.75) is 6.42 Å². The van der Waals surface area contributed by atoms with Crippen LogP contribution in [0.4, 0.5) is 0 Å². The molecule has 0 aliphatic heterocycles.